The molecular formula is C12H13F2NO. The lowest BCUT2D eigenvalue weighted by Crippen LogP contribution is -2.28. The van der Waals surface area contributed by atoms with Gasteiger partial charge in [0.2, 0.25) is 0 Å². The van der Waals surface area contributed by atoms with Gasteiger partial charge in [0, 0.05) is 13.1 Å². The van der Waals surface area contributed by atoms with Gasteiger partial charge in [-0.2, -0.15) is 0 Å². The fraction of sp³-hybridized carbons (Fsp3) is 0.333. The maximum Gasteiger partial charge on any atom is 0.149 e. The molecule has 0 unspecified atom stereocenters. The average Bonchev–Trinajstić information content (AvgIpc) is 2.29. The summed E-state index contributed by atoms with van der Waals surface area (Å²) in [5.74, 6) is -1.22. The molecule has 1 aromatic rings. The molecule has 1 aliphatic rings. The molecule has 0 saturated carbocycles. The molecule has 1 aromatic carbocycles. The summed E-state index contributed by atoms with van der Waals surface area (Å²) in [6.45, 7) is 0.781. The minimum atomic E-state index is -0.612. The van der Waals surface area contributed by atoms with Crippen LogP contribution in [0.5, 0.6) is 0 Å². The molecule has 0 atom stereocenters. The first-order chi connectivity index (χ1) is 7.72. The number of rotatable bonds is 2. The van der Waals surface area contributed by atoms with Gasteiger partial charge in [0.25, 0.3) is 0 Å². The zero-order valence-electron chi connectivity index (χ0n) is 8.79. The smallest absolute Gasteiger partial charge is 0.149 e. The molecule has 1 aliphatic heterocycles. The van der Waals surface area contributed by atoms with Gasteiger partial charge in [0.1, 0.15) is 17.3 Å². The van der Waals surface area contributed by atoms with Crippen LogP contribution in [0, 0.1) is 11.6 Å². The van der Waals surface area contributed by atoms with Gasteiger partial charge in [-0.3, -0.25) is 0 Å². The summed E-state index contributed by atoms with van der Waals surface area (Å²) < 4.78 is 27.3. The van der Waals surface area contributed by atoms with E-state index in [1.807, 2.05) is 12.2 Å². The van der Waals surface area contributed by atoms with Crippen molar-refractivity contribution in [2.45, 2.75) is 13.0 Å². The number of hydrogen-bond acceptors (Lipinski definition) is 2. The lowest BCUT2D eigenvalue weighted by Gasteiger charge is -2.26. The van der Waals surface area contributed by atoms with E-state index in [0.717, 1.165) is 6.42 Å². The van der Waals surface area contributed by atoms with Crippen molar-refractivity contribution < 1.29 is 13.9 Å². The quantitative estimate of drug-likeness (QED) is 0.780. The van der Waals surface area contributed by atoms with E-state index in [2.05, 4.69) is 0 Å². The fourth-order valence-corrected chi connectivity index (χ4v) is 1.86. The Hall–Kier alpha value is -1.42. The standard InChI is InChI=1S/C12H13F2NO/c13-10-6-9(8-16)7-11(14)12(10)15-4-2-1-3-5-15/h1-2,6-7,16H,3-5,8H2. The Bertz CT molecular complexity index is 394. The first-order valence-electron chi connectivity index (χ1n) is 5.21. The van der Waals surface area contributed by atoms with E-state index < -0.39 is 11.6 Å². The van der Waals surface area contributed by atoms with E-state index in [1.54, 1.807) is 4.90 Å². The van der Waals surface area contributed by atoms with Crippen LogP contribution in [0.4, 0.5) is 14.5 Å². The molecule has 0 amide bonds. The van der Waals surface area contributed by atoms with Gasteiger partial charge in [0.15, 0.2) is 0 Å². The SMILES string of the molecule is OCc1cc(F)c(N2CC=CCC2)c(F)c1. The Morgan fingerprint density at radius 2 is 1.88 bits per heavy atom. The highest BCUT2D eigenvalue weighted by atomic mass is 19.1. The van der Waals surface area contributed by atoms with Gasteiger partial charge < -0.3 is 10.0 Å². The zero-order valence-corrected chi connectivity index (χ0v) is 8.79. The van der Waals surface area contributed by atoms with Crippen LogP contribution in [0.1, 0.15) is 12.0 Å². The van der Waals surface area contributed by atoms with Crippen LogP contribution in [-0.2, 0) is 6.61 Å². The van der Waals surface area contributed by atoms with E-state index in [9.17, 15) is 8.78 Å². The van der Waals surface area contributed by atoms with Crippen LogP contribution in [-0.4, -0.2) is 18.2 Å². The summed E-state index contributed by atoms with van der Waals surface area (Å²) in [4.78, 5) is 1.66. The van der Waals surface area contributed by atoms with E-state index in [0.29, 0.717) is 13.1 Å². The molecule has 0 aromatic heterocycles. The van der Waals surface area contributed by atoms with Gasteiger partial charge >= 0.3 is 0 Å². The van der Waals surface area contributed by atoms with Crippen molar-refractivity contribution in [3.63, 3.8) is 0 Å². The molecule has 0 aliphatic carbocycles. The Labute approximate surface area is 92.8 Å². The summed E-state index contributed by atoms with van der Waals surface area (Å²) >= 11 is 0. The molecular weight excluding hydrogens is 212 g/mol. The number of halogens is 2. The number of aliphatic hydroxyl groups excluding tert-OH is 1. The fourth-order valence-electron chi connectivity index (χ4n) is 1.86. The molecule has 2 rings (SSSR count). The second kappa shape index (κ2) is 4.61. The average molecular weight is 225 g/mol. The Kier molecular flexibility index (Phi) is 3.19. The molecule has 0 saturated heterocycles. The monoisotopic (exact) mass is 225 g/mol. The number of nitrogens with zero attached hydrogens (tertiary/aromatic N) is 1. The molecule has 0 spiro atoms. The summed E-state index contributed by atoms with van der Waals surface area (Å²) in [5.41, 5.74) is 0.257. The molecule has 4 heteroatoms. The van der Waals surface area contributed by atoms with Crippen molar-refractivity contribution in [2.75, 3.05) is 18.0 Å². The minimum Gasteiger partial charge on any atom is -0.392 e. The Morgan fingerprint density at radius 1 is 1.19 bits per heavy atom. The number of hydrogen-bond donors (Lipinski definition) is 1. The van der Waals surface area contributed by atoms with Gasteiger partial charge in [-0.1, -0.05) is 12.2 Å². The molecule has 16 heavy (non-hydrogen) atoms. The molecule has 1 heterocycles. The van der Waals surface area contributed by atoms with Gasteiger partial charge in [-0.15, -0.1) is 0 Å². The number of benzene rings is 1. The van der Waals surface area contributed by atoms with Crippen molar-refractivity contribution in [3.8, 4) is 0 Å². The third-order valence-corrected chi connectivity index (χ3v) is 2.63. The van der Waals surface area contributed by atoms with Crippen molar-refractivity contribution in [3.05, 3.63) is 41.5 Å². The molecule has 0 radical (unpaired) electrons. The lowest BCUT2D eigenvalue weighted by molar-refractivity contribution is 0.280. The van der Waals surface area contributed by atoms with Gasteiger partial charge in [0.05, 0.1) is 6.61 Å². The second-order valence-corrected chi connectivity index (χ2v) is 3.77. The van der Waals surface area contributed by atoms with Crippen LogP contribution in [0.3, 0.4) is 0 Å². The Balaban J connectivity index is 2.36. The molecule has 86 valence electrons. The zero-order chi connectivity index (χ0) is 11.5. The molecule has 2 nitrogen and oxygen atoms in total. The van der Waals surface area contributed by atoms with E-state index >= 15 is 0 Å². The summed E-state index contributed by atoms with van der Waals surface area (Å²) in [7, 11) is 0. The summed E-state index contributed by atoms with van der Waals surface area (Å²) in [6, 6.07) is 2.35. The molecule has 0 fully saturated rings. The van der Waals surface area contributed by atoms with Crippen LogP contribution in [0.25, 0.3) is 0 Å². The third-order valence-electron chi connectivity index (χ3n) is 2.63. The summed E-state index contributed by atoms with van der Waals surface area (Å²) in [6.07, 6.45) is 4.68. The Morgan fingerprint density at radius 3 is 2.38 bits per heavy atom. The second-order valence-electron chi connectivity index (χ2n) is 3.77. The van der Waals surface area contributed by atoms with Crippen molar-refractivity contribution in [1.29, 1.82) is 0 Å². The molecule has 0 bridgehead atoms. The maximum absolute atomic E-state index is 13.7. The highest BCUT2D eigenvalue weighted by Gasteiger charge is 2.17. The maximum atomic E-state index is 13.7. The van der Waals surface area contributed by atoms with Crippen LogP contribution >= 0.6 is 0 Å². The first-order valence-corrected chi connectivity index (χ1v) is 5.21. The van der Waals surface area contributed by atoms with Gasteiger partial charge in [-0.25, -0.2) is 8.78 Å². The number of anilines is 1. The highest BCUT2D eigenvalue weighted by molar-refractivity contribution is 5.51. The molecule has 1 N–H and O–H groups in total. The van der Waals surface area contributed by atoms with Crippen LogP contribution < -0.4 is 4.90 Å². The normalized spacial score (nSPS) is 15.6. The van der Waals surface area contributed by atoms with Crippen molar-refractivity contribution in [1.82, 2.24) is 0 Å². The van der Waals surface area contributed by atoms with Crippen molar-refractivity contribution >= 4 is 5.69 Å². The summed E-state index contributed by atoms with van der Waals surface area (Å²) in [5, 5.41) is 8.83. The number of aliphatic hydroxyl groups is 1. The topological polar surface area (TPSA) is 23.5 Å². The first kappa shape index (κ1) is 11.1. The van der Waals surface area contributed by atoms with Gasteiger partial charge in [-0.05, 0) is 24.1 Å². The highest BCUT2D eigenvalue weighted by Crippen LogP contribution is 2.26. The van der Waals surface area contributed by atoms with E-state index in [4.69, 9.17) is 5.11 Å². The van der Waals surface area contributed by atoms with E-state index in [1.165, 1.54) is 12.1 Å². The van der Waals surface area contributed by atoms with Crippen LogP contribution in [0.15, 0.2) is 24.3 Å². The predicted molar refractivity (Wildman–Crippen MR) is 58.3 cm³/mol. The predicted octanol–water partition coefficient (Wildman–Crippen LogP) is 2.22. The minimum absolute atomic E-state index is 0.00144. The third kappa shape index (κ3) is 2.07. The largest absolute Gasteiger partial charge is 0.392 e. The van der Waals surface area contributed by atoms with Crippen LogP contribution in [0.2, 0.25) is 0 Å². The van der Waals surface area contributed by atoms with E-state index in [-0.39, 0.29) is 17.9 Å². The lowest BCUT2D eigenvalue weighted by atomic mass is 10.1. The van der Waals surface area contributed by atoms with Crippen molar-refractivity contribution in [2.24, 2.45) is 0 Å².